The van der Waals surface area contributed by atoms with Crippen LogP contribution in [-0.4, -0.2) is 121 Å². The number of aliphatic hydroxyl groups excluding tert-OH is 2. The first-order valence-electron chi connectivity index (χ1n) is 19.4. The molecule has 4 aliphatic heterocycles. The lowest BCUT2D eigenvalue weighted by atomic mass is 9.92. The van der Waals surface area contributed by atoms with Crippen LogP contribution in [0, 0.1) is 0 Å². The summed E-state index contributed by atoms with van der Waals surface area (Å²) in [5.41, 5.74) is 4.08. The molecular weight excluding hydrogens is 826 g/mol. The first-order chi connectivity index (χ1) is 26.4. The van der Waals surface area contributed by atoms with Gasteiger partial charge >= 0.3 is 0 Å². The van der Waals surface area contributed by atoms with Crippen LogP contribution < -0.4 is 20.4 Å². The number of nitrogens with one attached hydrogen (secondary N) is 2. The maximum atomic E-state index is 13.5. The third kappa shape index (κ3) is 8.49. The van der Waals surface area contributed by atoms with E-state index in [9.17, 15) is 29.4 Å². The number of rotatable bonds is 15. The molecule has 2 saturated heterocycles. The van der Waals surface area contributed by atoms with E-state index < -0.39 is 0 Å². The summed E-state index contributed by atoms with van der Waals surface area (Å²) in [5.74, 6) is -1.09. The molecule has 4 amide bonds. The van der Waals surface area contributed by atoms with Gasteiger partial charge in [0.05, 0.1) is 25.3 Å². The van der Waals surface area contributed by atoms with Gasteiger partial charge < -0.3 is 30.6 Å². The van der Waals surface area contributed by atoms with E-state index in [-0.39, 0.29) is 98.6 Å². The maximum absolute atomic E-state index is 13.5. The molecule has 0 spiro atoms. The van der Waals surface area contributed by atoms with Gasteiger partial charge in [0.15, 0.2) is 0 Å². The van der Waals surface area contributed by atoms with Crippen molar-refractivity contribution in [3.05, 3.63) is 82.9 Å². The van der Waals surface area contributed by atoms with Gasteiger partial charge in [-0.15, -0.1) is 49.6 Å². The standard InChI is InChI=1S/C42H48N6O6.4ClH/c49-25-27-7-3-21-45(27)35-15-13-33-37-29(35)9-1-11-31(37)39(51)47(41(33)53)23-5-17-43-19-20-44-18-6-24-48-40(52)32-12-2-10-30-36(46-22-4-8-28(46)26-50)16-14-34(38(30)32)42(48)54;;;;/h1-2,9-16,27-28,43-44,49-50H,3-8,17-26H2;4*1H/t27-,28-;;;;/m0..../s1. The number of carbonyl (C=O) groups excluding carboxylic acids is 4. The Bertz CT molecular complexity index is 1950. The number of aliphatic hydroxyl groups is 2. The molecule has 4 aromatic carbocycles. The number of benzene rings is 4. The quantitative estimate of drug-likeness (QED) is 0.0899. The van der Waals surface area contributed by atoms with Crippen molar-refractivity contribution in [2.45, 2.75) is 50.6 Å². The van der Waals surface area contributed by atoms with Gasteiger partial charge in [0.1, 0.15) is 0 Å². The summed E-state index contributed by atoms with van der Waals surface area (Å²) in [6, 6.07) is 18.9. The van der Waals surface area contributed by atoms with Crippen LogP contribution in [-0.2, 0) is 0 Å². The van der Waals surface area contributed by atoms with Gasteiger partial charge in [0.25, 0.3) is 23.6 Å². The van der Waals surface area contributed by atoms with Crippen LogP contribution in [0.2, 0.25) is 0 Å². The molecule has 2 fully saturated rings. The van der Waals surface area contributed by atoms with Crippen LogP contribution in [0.4, 0.5) is 11.4 Å². The largest absolute Gasteiger partial charge is 0.394 e. The van der Waals surface area contributed by atoms with Crippen molar-refractivity contribution in [1.29, 1.82) is 0 Å². The summed E-state index contributed by atoms with van der Waals surface area (Å²) in [5, 5.41) is 29.7. The number of anilines is 2. The van der Waals surface area contributed by atoms with Gasteiger partial charge in [-0.05, 0) is 88.0 Å². The normalized spacial score (nSPS) is 18.4. The Kier molecular flexibility index (Phi) is 16.6. The van der Waals surface area contributed by atoms with Crippen LogP contribution in [0.15, 0.2) is 60.7 Å². The molecule has 0 aromatic heterocycles. The molecular formula is C42H52Cl4N6O6. The number of carbonyl (C=O) groups is 4. The lowest BCUT2D eigenvalue weighted by molar-refractivity contribution is 0.0593. The van der Waals surface area contributed by atoms with Crippen molar-refractivity contribution in [2.75, 3.05) is 75.4 Å². The van der Waals surface area contributed by atoms with Crippen molar-refractivity contribution in [3.63, 3.8) is 0 Å². The van der Waals surface area contributed by atoms with Gasteiger partial charge in [-0.25, -0.2) is 0 Å². The summed E-state index contributed by atoms with van der Waals surface area (Å²) in [6.07, 6.45) is 5.05. The van der Waals surface area contributed by atoms with E-state index in [1.165, 1.54) is 9.80 Å². The fraction of sp³-hybridized carbons (Fsp3) is 0.429. The first kappa shape index (κ1) is 47.0. The maximum Gasteiger partial charge on any atom is 0.261 e. The van der Waals surface area contributed by atoms with Crippen molar-refractivity contribution >= 4 is 106 Å². The van der Waals surface area contributed by atoms with Crippen LogP contribution >= 0.6 is 49.6 Å². The van der Waals surface area contributed by atoms with E-state index in [1.54, 1.807) is 12.1 Å². The number of amides is 4. The Balaban J connectivity index is 0.00000186. The molecule has 0 bridgehead atoms. The number of hydrogen-bond donors (Lipinski definition) is 4. The average molecular weight is 879 g/mol. The summed E-state index contributed by atoms with van der Waals surface area (Å²) in [7, 11) is 0. The predicted octanol–water partition coefficient (Wildman–Crippen LogP) is 5.45. The molecule has 4 heterocycles. The smallest absolute Gasteiger partial charge is 0.261 e. The zero-order valence-electron chi connectivity index (χ0n) is 32.2. The second kappa shape index (κ2) is 20.5. The molecule has 12 nitrogen and oxygen atoms in total. The Hall–Kier alpha value is -3.72. The molecule has 0 radical (unpaired) electrons. The summed E-state index contributed by atoms with van der Waals surface area (Å²) < 4.78 is 0. The second-order valence-electron chi connectivity index (χ2n) is 14.8. The zero-order chi connectivity index (χ0) is 37.3. The third-order valence-electron chi connectivity index (χ3n) is 11.7. The van der Waals surface area contributed by atoms with E-state index in [1.807, 2.05) is 48.5 Å². The highest BCUT2D eigenvalue weighted by Gasteiger charge is 2.36. The minimum atomic E-state index is -0.272. The third-order valence-corrected chi connectivity index (χ3v) is 11.7. The molecule has 58 heavy (non-hydrogen) atoms. The topological polar surface area (TPSA) is 146 Å². The van der Waals surface area contributed by atoms with Crippen LogP contribution in [0.5, 0.6) is 0 Å². The van der Waals surface area contributed by atoms with E-state index in [2.05, 4.69) is 20.4 Å². The highest BCUT2D eigenvalue weighted by molar-refractivity contribution is 6.28. The van der Waals surface area contributed by atoms with Gasteiger partial charge in [0, 0.05) is 94.4 Å². The Morgan fingerprint density at radius 3 is 1.28 bits per heavy atom. The van der Waals surface area contributed by atoms with Gasteiger partial charge in [-0.1, -0.05) is 24.3 Å². The lowest BCUT2D eigenvalue weighted by Gasteiger charge is -2.31. The van der Waals surface area contributed by atoms with Gasteiger partial charge in [-0.2, -0.15) is 0 Å². The molecule has 4 aliphatic rings. The van der Waals surface area contributed by atoms with Gasteiger partial charge in [0.2, 0.25) is 0 Å². The van der Waals surface area contributed by atoms with E-state index >= 15 is 0 Å². The van der Waals surface area contributed by atoms with Gasteiger partial charge in [-0.3, -0.25) is 29.0 Å². The average Bonchev–Trinajstić information content (AvgIpc) is 3.88. The molecule has 314 valence electrons. The van der Waals surface area contributed by atoms with Crippen molar-refractivity contribution in [1.82, 2.24) is 20.4 Å². The van der Waals surface area contributed by atoms with Crippen molar-refractivity contribution in [2.24, 2.45) is 0 Å². The van der Waals surface area contributed by atoms with E-state index in [4.69, 9.17) is 0 Å². The molecule has 4 aromatic rings. The molecule has 8 rings (SSSR count). The van der Waals surface area contributed by atoms with Crippen molar-refractivity contribution < 1.29 is 29.4 Å². The number of halogens is 4. The summed E-state index contributed by atoms with van der Waals surface area (Å²) >= 11 is 0. The predicted molar refractivity (Wildman–Crippen MR) is 238 cm³/mol. The van der Waals surface area contributed by atoms with E-state index in [0.29, 0.717) is 85.1 Å². The minimum Gasteiger partial charge on any atom is -0.394 e. The molecule has 0 saturated carbocycles. The molecule has 4 N–H and O–H groups in total. The van der Waals surface area contributed by atoms with E-state index in [0.717, 1.165) is 60.9 Å². The second-order valence-corrected chi connectivity index (χ2v) is 14.8. The number of hydrogen-bond acceptors (Lipinski definition) is 10. The zero-order valence-corrected chi connectivity index (χ0v) is 35.5. The van der Waals surface area contributed by atoms with Crippen LogP contribution in [0.3, 0.4) is 0 Å². The lowest BCUT2D eigenvalue weighted by Crippen LogP contribution is -2.42. The highest BCUT2D eigenvalue weighted by atomic mass is 35.5. The SMILES string of the molecule is Cl.Cl.Cl.Cl.O=C1c2cccc3c(N4CCC[C@H]4CO)ccc(c23)C(=O)N1CCCNCCNCCCN1C(=O)c2cccc3c(N4CCC[C@H]4CO)ccc(c23)C1=O. The highest BCUT2D eigenvalue weighted by Crippen LogP contribution is 2.40. The first-order valence-corrected chi connectivity index (χ1v) is 19.4. The summed E-state index contributed by atoms with van der Waals surface area (Å²) in [4.78, 5) is 61.3. The monoisotopic (exact) mass is 876 g/mol. The summed E-state index contributed by atoms with van der Waals surface area (Å²) in [6.45, 7) is 5.08. The number of nitrogens with zero attached hydrogens (tertiary/aromatic N) is 4. The van der Waals surface area contributed by atoms with Crippen molar-refractivity contribution in [3.8, 4) is 0 Å². The number of imide groups is 2. The fourth-order valence-electron chi connectivity index (χ4n) is 9.01. The Labute approximate surface area is 363 Å². The minimum absolute atomic E-state index is 0. The molecule has 16 heteroatoms. The van der Waals surface area contributed by atoms with Crippen LogP contribution in [0.25, 0.3) is 21.5 Å². The molecule has 0 unspecified atom stereocenters. The Morgan fingerprint density at radius 1 is 0.517 bits per heavy atom. The van der Waals surface area contributed by atoms with Crippen LogP contribution in [0.1, 0.15) is 80.0 Å². The Morgan fingerprint density at radius 2 is 0.897 bits per heavy atom. The fourth-order valence-corrected chi connectivity index (χ4v) is 9.01. The molecule has 0 aliphatic carbocycles. The molecule has 2 atom stereocenters.